The molecule has 4 heteroatoms. The van der Waals surface area contributed by atoms with E-state index in [9.17, 15) is 0 Å². The summed E-state index contributed by atoms with van der Waals surface area (Å²) < 4.78 is 0. The second-order valence-electron chi connectivity index (χ2n) is 2.86. The van der Waals surface area contributed by atoms with Crippen LogP contribution in [0.3, 0.4) is 0 Å². The van der Waals surface area contributed by atoms with Gasteiger partial charge >= 0.3 is 7.12 Å². The van der Waals surface area contributed by atoms with Crippen molar-refractivity contribution in [2.75, 3.05) is 0 Å². The van der Waals surface area contributed by atoms with Crippen molar-refractivity contribution in [3.8, 4) is 0 Å². The summed E-state index contributed by atoms with van der Waals surface area (Å²) in [7, 11) is -1.49. The monoisotopic (exact) mass is 184 g/mol. The van der Waals surface area contributed by atoms with E-state index in [0.29, 0.717) is 10.5 Å². The minimum Gasteiger partial charge on any atom is -0.423 e. The third-order valence-corrected chi connectivity index (χ3v) is 2.22. The fourth-order valence-electron chi connectivity index (χ4n) is 1.17. The van der Waals surface area contributed by atoms with Crippen LogP contribution in [0.4, 0.5) is 0 Å². The van der Waals surface area contributed by atoms with E-state index in [1.807, 2.05) is 19.9 Å². The maximum atomic E-state index is 8.92. The first-order chi connectivity index (χ1) is 5.52. The lowest BCUT2D eigenvalue weighted by atomic mass is 9.78. The molecule has 1 rings (SSSR count). The first kappa shape index (κ1) is 9.58. The molecule has 0 unspecified atom stereocenters. The van der Waals surface area contributed by atoms with Gasteiger partial charge in [0.25, 0.3) is 0 Å². The van der Waals surface area contributed by atoms with Gasteiger partial charge in [-0.2, -0.15) is 0 Å². The fourth-order valence-corrected chi connectivity index (χ4v) is 1.38. The predicted molar refractivity (Wildman–Crippen MR) is 50.8 cm³/mol. The normalized spacial score (nSPS) is 10.1. The van der Waals surface area contributed by atoms with Crippen molar-refractivity contribution in [2.45, 2.75) is 13.8 Å². The molecule has 0 spiro atoms. The van der Waals surface area contributed by atoms with E-state index >= 15 is 0 Å². The second-order valence-corrected chi connectivity index (χ2v) is 3.24. The molecule has 0 heterocycles. The van der Waals surface area contributed by atoms with Crippen LogP contribution < -0.4 is 5.46 Å². The molecule has 0 aliphatic rings. The summed E-state index contributed by atoms with van der Waals surface area (Å²) in [6.45, 7) is 3.72. The summed E-state index contributed by atoms with van der Waals surface area (Å²) in [4.78, 5) is 0. The summed E-state index contributed by atoms with van der Waals surface area (Å²) in [6.07, 6.45) is 0. The zero-order valence-electron chi connectivity index (χ0n) is 7.00. The molecule has 12 heavy (non-hydrogen) atoms. The summed E-state index contributed by atoms with van der Waals surface area (Å²) >= 11 is 5.84. The molecule has 1 aromatic carbocycles. The van der Waals surface area contributed by atoms with Crippen LogP contribution in [0.5, 0.6) is 0 Å². The van der Waals surface area contributed by atoms with Gasteiger partial charge in [-0.1, -0.05) is 29.3 Å². The number of hydrogen-bond acceptors (Lipinski definition) is 2. The van der Waals surface area contributed by atoms with Gasteiger partial charge in [0.05, 0.1) is 0 Å². The Bertz CT molecular complexity index is 299. The first-order valence-electron chi connectivity index (χ1n) is 3.65. The van der Waals surface area contributed by atoms with Gasteiger partial charge in [-0.05, 0) is 19.4 Å². The minimum atomic E-state index is -1.49. The van der Waals surface area contributed by atoms with Crippen LogP contribution in [0.2, 0.25) is 5.02 Å². The Morgan fingerprint density at radius 2 is 1.83 bits per heavy atom. The molecule has 1 aromatic rings. The van der Waals surface area contributed by atoms with Crippen LogP contribution in [0.25, 0.3) is 0 Å². The summed E-state index contributed by atoms with van der Waals surface area (Å²) in [5.74, 6) is 0. The van der Waals surface area contributed by atoms with E-state index in [1.54, 1.807) is 6.07 Å². The highest BCUT2D eigenvalue weighted by Gasteiger charge is 2.16. The Labute approximate surface area is 76.9 Å². The Hall–Kier alpha value is -0.505. The molecule has 0 bridgehead atoms. The topological polar surface area (TPSA) is 40.5 Å². The van der Waals surface area contributed by atoms with Gasteiger partial charge in [0.2, 0.25) is 0 Å². The van der Waals surface area contributed by atoms with Crippen molar-refractivity contribution in [1.29, 1.82) is 0 Å². The molecule has 0 aromatic heterocycles. The third kappa shape index (κ3) is 1.80. The minimum absolute atomic E-state index is 0.370. The maximum Gasteiger partial charge on any atom is 0.489 e. The van der Waals surface area contributed by atoms with Gasteiger partial charge in [-0.15, -0.1) is 0 Å². The van der Waals surface area contributed by atoms with Crippen molar-refractivity contribution >= 4 is 24.2 Å². The van der Waals surface area contributed by atoms with Crippen molar-refractivity contribution in [1.82, 2.24) is 0 Å². The summed E-state index contributed by atoms with van der Waals surface area (Å²) in [5.41, 5.74) is 2.20. The average Bonchev–Trinajstić information content (AvgIpc) is 1.96. The van der Waals surface area contributed by atoms with Gasteiger partial charge in [0, 0.05) is 10.5 Å². The first-order valence-corrected chi connectivity index (χ1v) is 4.03. The second kappa shape index (κ2) is 3.48. The molecule has 0 fully saturated rings. The molecular weight excluding hydrogens is 174 g/mol. The molecule has 0 saturated heterocycles. The van der Waals surface area contributed by atoms with E-state index in [4.69, 9.17) is 21.6 Å². The van der Waals surface area contributed by atoms with Crippen LogP contribution in [0, 0.1) is 13.8 Å². The SMILES string of the molecule is Cc1cc(C)c(Cl)c(B(O)O)c1. The van der Waals surface area contributed by atoms with Crippen LogP contribution >= 0.6 is 11.6 Å². The molecule has 0 radical (unpaired) electrons. The van der Waals surface area contributed by atoms with Crippen molar-refractivity contribution in [2.24, 2.45) is 0 Å². The van der Waals surface area contributed by atoms with Gasteiger partial charge in [0.15, 0.2) is 0 Å². The van der Waals surface area contributed by atoms with Crippen LogP contribution in [-0.2, 0) is 0 Å². The van der Waals surface area contributed by atoms with E-state index < -0.39 is 7.12 Å². The largest absolute Gasteiger partial charge is 0.489 e. The van der Waals surface area contributed by atoms with Crippen LogP contribution in [-0.4, -0.2) is 17.2 Å². The standard InChI is InChI=1S/C8H10BClO2/c1-5-3-6(2)8(10)7(4-5)9(11)12/h3-4,11-12H,1-2H3. The summed E-state index contributed by atoms with van der Waals surface area (Å²) in [5, 5.41) is 18.3. The number of rotatable bonds is 1. The number of aryl methyl sites for hydroxylation is 2. The smallest absolute Gasteiger partial charge is 0.423 e. The average molecular weight is 184 g/mol. The van der Waals surface area contributed by atoms with Crippen molar-refractivity contribution in [3.05, 3.63) is 28.3 Å². The number of benzene rings is 1. The Balaban J connectivity index is 3.28. The fraction of sp³-hybridized carbons (Fsp3) is 0.250. The van der Waals surface area contributed by atoms with Gasteiger partial charge in [-0.3, -0.25) is 0 Å². The predicted octanol–water partition coefficient (Wildman–Crippen LogP) is 0.637. The zero-order valence-corrected chi connectivity index (χ0v) is 7.76. The van der Waals surface area contributed by atoms with E-state index in [1.165, 1.54) is 0 Å². The Kier molecular flexibility index (Phi) is 2.78. The lowest BCUT2D eigenvalue weighted by Gasteiger charge is -2.06. The number of hydrogen-bond donors (Lipinski definition) is 2. The molecule has 2 N–H and O–H groups in total. The molecule has 2 nitrogen and oxygen atoms in total. The van der Waals surface area contributed by atoms with Crippen molar-refractivity contribution < 1.29 is 10.0 Å². The van der Waals surface area contributed by atoms with E-state index in [2.05, 4.69) is 0 Å². The van der Waals surface area contributed by atoms with Crippen molar-refractivity contribution in [3.63, 3.8) is 0 Å². The maximum absolute atomic E-state index is 8.92. The Morgan fingerprint density at radius 1 is 1.25 bits per heavy atom. The quantitative estimate of drug-likeness (QED) is 0.629. The molecule has 0 aliphatic heterocycles. The van der Waals surface area contributed by atoms with Gasteiger partial charge < -0.3 is 10.0 Å². The molecule has 0 aliphatic carbocycles. The van der Waals surface area contributed by atoms with Crippen LogP contribution in [0.1, 0.15) is 11.1 Å². The molecular formula is C8H10BClO2. The van der Waals surface area contributed by atoms with E-state index in [0.717, 1.165) is 11.1 Å². The van der Waals surface area contributed by atoms with Gasteiger partial charge in [0.1, 0.15) is 0 Å². The highest BCUT2D eigenvalue weighted by Crippen LogP contribution is 2.14. The number of halogens is 1. The summed E-state index contributed by atoms with van der Waals surface area (Å²) in [6, 6.07) is 3.56. The lowest BCUT2D eigenvalue weighted by molar-refractivity contribution is 0.425. The third-order valence-electron chi connectivity index (χ3n) is 1.71. The molecule has 0 saturated carbocycles. The molecule has 0 atom stereocenters. The highest BCUT2D eigenvalue weighted by molar-refractivity contribution is 6.62. The van der Waals surface area contributed by atoms with Gasteiger partial charge in [-0.25, -0.2) is 0 Å². The lowest BCUT2D eigenvalue weighted by Crippen LogP contribution is -2.31. The zero-order chi connectivity index (χ0) is 9.30. The molecule has 0 amide bonds. The van der Waals surface area contributed by atoms with Crippen LogP contribution in [0.15, 0.2) is 12.1 Å². The Morgan fingerprint density at radius 3 is 2.33 bits per heavy atom. The highest BCUT2D eigenvalue weighted by atomic mass is 35.5. The molecule has 64 valence electrons. The van der Waals surface area contributed by atoms with E-state index in [-0.39, 0.29) is 0 Å².